The summed E-state index contributed by atoms with van der Waals surface area (Å²) in [4.78, 5) is 40.3. The van der Waals surface area contributed by atoms with Gasteiger partial charge in [-0.1, -0.05) is 30.3 Å². The third-order valence-electron chi connectivity index (χ3n) is 5.64. The first kappa shape index (κ1) is 23.2. The lowest BCUT2D eigenvalue weighted by molar-refractivity contribution is -0.150. The van der Waals surface area contributed by atoms with Crippen molar-refractivity contribution in [2.75, 3.05) is 38.6 Å². The van der Waals surface area contributed by atoms with E-state index in [2.05, 4.69) is 0 Å². The van der Waals surface area contributed by atoms with Crippen molar-refractivity contribution in [2.24, 2.45) is 5.92 Å². The van der Waals surface area contributed by atoms with Crippen LogP contribution in [0.4, 0.5) is 0 Å². The van der Waals surface area contributed by atoms with Crippen LogP contribution in [0.2, 0.25) is 0 Å². The van der Waals surface area contributed by atoms with Gasteiger partial charge in [0.25, 0.3) is 0 Å². The van der Waals surface area contributed by atoms with Crippen molar-refractivity contribution in [3.05, 3.63) is 35.9 Å². The normalized spacial score (nSPS) is 20.5. The predicted octanol–water partition coefficient (Wildman–Crippen LogP) is 0.542. The molecule has 3 rings (SSSR count). The van der Waals surface area contributed by atoms with Crippen LogP contribution in [0.15, 0.2) is 30.3 Å². The summed E-state index contributed by atoms with van der Waals surface area (Å²) in [7, 11) is -3.71. The molecule has 10 heteroatoms. The molecule has 2 heterocycles. The molecule has 0 saturated carbocycles. The van der Waals surface area contributed by atoms with E-state index in [0.29, 0.717) is 44.7 Å². The van der Waals surface area contributed by atoms with Crippen molar-refractivity contribution in [1.29, 1.82) is 0 Å². The Morgan fingerprint density at radius 1 is 1.10 bits per heavy atom. The quantitative estimate of drug-likeness (QED) is 0.611. The number of hydrogen-bond acceptors (Lipinski definition) is 6. The van der Waals surface area contributed by atoms with Crippen LogP contribution in [-0.4, -0.2) is 85.8 Å². The topological polar surface area (TPSA) is 121 Å². The summed E-state index contributed by atoms with van der Waals surface area (Å²) in [5.41, 5.74) is 0.595. The first-order valence-corrected chi connectivity index (χ1v) is 12.2. The van der Waals surface area contributed by atoms with E-state index in [1.807, 2.05) is 0 Å². The Hall–Kier alpha value is -2.46. The van der Waals surface area contributed by atoms with Crippen LogP contribution >= 0.6 is 0 Å². The van der Waals surface area contributed by atoms with Crippen LogP contribution in [0.3, 0.4) is 0 Å². The molecular weight excluding hydrogens is 424 g/mol. The van der Waals surface area contributed by atoms with Gasteiger partial charge in [0.15, 0.2) is 9.84 Å². The average Bonchev–Trinajstić information content (AvgIpc) is 3.24. The van der Waals surface area contributed by atoms with Crippen LogP contribution < -0.4 is 0 Å². The zero-order chi connectivity index (χ0) is 22.4. The average molecular weight is 453 g/mol. The Morgan fingerprint density at radius 2 is 1.77 bits per heavy atom. The first-order chi connectivity index (χ1) is 14.8. The molecule has 0 aliphatic carbocycles. The summed E-state index contributed by atoms with van der Waals surface area (Å²) >= 11 is 0. The van der Waals surface area contributed by atoms with Crippen LogP contribution in [0, 0.1) is 5.92 Å². The van der Waals surface area contributed by atoms with Crippen molar-refractivity contribution in [2.45, 2.75) is 31.1 Å². The highest BCUT2D eigenvalue weighted by Gasteiger charge is 2.39. The van der Waals surface area contributed by atoms with Gasteiger partial charge in [-0.25, -0.2) is 13.2 Å². The SMILES string of the molecule is O=C(O)[C@@H]1CCCN1C(=O)[C@@H](CC(=O)N1CCOCC1)CS(=O)(=O)Cc1ccccc1. The zero-order valence-electron chi connectivity index (χ0n) is 17.3. The van der Waals surface area contributed by atoms with Gasteiger partial charge in [0, 0.05) is 26.1 Å². The summed E-state index contributed by atoms with van der Waals surface area (Å²) in [6.45, 7) is 1.81. The number of carbonyl (C=O) groups is 3. The number of likely N-dealkylation sites (tertiary alicyclic amines) is 1. The molecule has 2 amide bonds. The molecule has 1 aromatic carbocycles. The van der Waals surface area contributed by atoms with Crippen molar-refractivity contribution >= 4 is 27.6 Å². The molecule has 2 aliphatic heterocycles. The molecule has 1 aromatic rings. The van der Waals surface area contributed by atoms with Gasteiger partial charge in [0.05, 0.1) is 30.6 Å². The monoisotopic (exact) mass is 452 g/mol. The van der Waals surface area contributed by atoms with Gasteiger partial charge >= 0.3 is 5.97 Å². The number of carboxylic acids is 1. The van der Waals surface area contributed by atoms with Gasteiger partial charge < -0.3 is 19.6 Å². The van der Waals surface area contributed by atoms with Gasteiger partial charge in [-0.3, -0.25) is 9.59 Å². The van der Waals surface area contributed by atoms with E-state index in [9.17, 15) is 27.9 Å². The summed E-state index contributed by atoms with van der Waals surface area (Å²) in [5.74, 6) is -3.88. The minimum absolute atomic E-state index is 0.244. The molecule has 1 N–H and O–H groups in total. The summed E-state index contributed by atoms with van der Waals surface area (Å²) < 4.78 is 31.0. The van der Waals surface area contributed by atoms with Crippen LogP contribution in [0.1, 0.15) is 24.8 Å². The van der Waals surface area contributed by atoms with Gasteiger partial charge in [0.1, 0.15) is 6.04 Å². The molecule has 170 valence electrons. The van der Waals surface area contributed by atoms with E-state index in [-0.39, 0.29) is 24.6 Å². The highest BCUT2D eigenvalue weighted by molar-refractivity contribution is 7.90. The number of benzene rings is 1. The molecule has 31 heavy (non-hydrogen) atoms. The summed E-state index contributed by atoms with van der Waals surface area (Å²) in [5, 5.41) is 9.43. The maximum Gasteiger partial charge on any atom is 0.326 e. The standard InChI is InChI=1S/C21H28N2O7S/c24-19(22-9-11-30-12-10-22)13-17(20(25)23-8-4-7-18(23)21(26)27)15-31(28,29)14-16-5-2-1-3-6-16/h1-3,5-6,17-18H,4,7-15H2,(H,26,27)/t17-,18-/m0/s1. The number of rotatable bonds is 8. The fraction of sp³-hybridized carbons (Fsp3) is 0.571. The second-order valence-corrected chi connectivity index (χ2v) is 10.1. The fourth-order valence-electron chi connectivity index (χ4n) is 4.09. The third-order valence-corrected chi connectivity index (χ3v) is 7.32. The van der Waals surface area contributed by atoms with Crippen molar-refractivity contribution in [3.8, 4) is 0 Å². The van der Waals surface area contributed by atoms with E-state index in [1.165, 1.54) is 4.90 Å². The number of carboxylic acid groups (broad SMARTS) is 1. The maximum absolute atomic E-state index is 13.2. The Morgan fingerprint density at radius 3 is 2.42 bits per heavy atom. The van der Waals surface area contributed by atoms with Gasteiger partial charge in [-0.2, -0.15) is 0 Å². The Bertz CT molecular complexity index is 898. The number of hydrogen-bond donors (Lipinski definition) is 1. The van der Waals surface area contributed by atoms with E-state index < -0.39 is 39.4 Å². The number of aliphatic carboxylic acids is 1. The van der Waals surface area contributed by atoms with Crippen LogP contribution in [-0.2, 0) is 34.7 Å². The number of sulfone groups is 1. The lowest BCUT2D eigenvalue weighted by Gasteiger charge is -2.30. The molecule has 0 radical (unpaired) electrons. The van der Waals surface area contributed by atoms with E-state index >= 15 is 0 Å². The summed E-state index contributed by atoms with van der Waals surface area (Å²) in [6, 6.07) is 7.64. The highest BCUT2D eigenvalue weighted by atomic mass is 32.2. The lowest BCUT2D eigenvalue weighted by Crippen LogP contribution is -2.47. The van der Waals surface area contributed by atoms with E-state index in [1.54, 1.807) is 35.2 Å². The number of nitrogens with zero attached hydrogens (tertiary/aromatic N) is 2. The maximum atomic E-state index is 13.2. The van der Waals surface area contributed by atoms with Crippen molar-refractivity contribution in [3.63, 3.8) is 0 Å². The first-order valence-electron chi connectivity index (χ1n) is 10.4. The van der Waals surface area contributed by atoms with Crippen LogP contribution in [0.25, 0.3) is 0 Å². The minimum atomic E-state index is -3.71. The highest BCUT2D eigenvalue weighted by Crippen LogP contribution is 2.24. The van der Waals surface area contributed by atoms with Gasteiger partial charge in [-0.15, -0.1) is 0 Å². The van der Waals surface area contributed by atoms with Crippen molar-refractivity contribution in [1.82, 2.24) is 9.80 Å². The molecular formula is C21H28N2O7S. The smallest absolute Gasteiger partial charge is 0.326 e. The number of ether oxygens (including phenoxy) is 1. The number of morpholine rings is 1. The molecule has 2 saturated heterocycles. The number of amides is 2. The third kappa shape index (κ3) is 6.27. The van der Waals surface area contributed by atoms with E-state index in [4.69, 9.17) is 4.74 Å². The lowest BCUT2D eigenvalue weighted by atomic mass is 10.0. The molecule has 0 aromatic heterocycles. The second kappa shape index (κ2) is 10.2. The Kier molecular flexibility index (Phi) is 7.66. The number of carbonyl (C=O) groups excluding carboxylic acids is 2. The zero-order valence-corrected chi connectivity index (χ0v) is 18.1. The largest absolute Gasteiger partial charge is 0.480 e. The molecule has 0 unspecified atom stereocenters. The summed E-state index contributed by atoms with van der Waals surface area (Å²) in [6.07, 6.45) is 0.585. The molecule has 0 bridgehead atoms. The fourth-order valence-corrected chi connectivity index (χ4v) is 5.78. The van der Waals surface area contributed by atoms with Crippen molar-refractivity contribution < 1.29 is 32.6 Å². The Balaban J connectivity index is 1.78. The van der Waals surface area contributed by atoms with E-state index in [0.717, 1.165) is 0 Å². The second-order valence-electron chi connectivity index (χ2n) is 7.96. The van der Waals surface area contributed by atoms with Crippen LogP contribution in [0.5, 0.6) is 0 Å². The minimum Gasteiger partial charge on any atom is -0.480 e. The molecule has 2 fully saturated rings. The van der Waals surface area contributed by atoms with Gasteiger partial charge in [-0.05, 0) is 18.4 Å². The molecule has 0 spiro atoms. The molecule has 2 atom stereocenters. The Labute approximate surface area is 181 Å². The van der Waals surface area contributed by atoms with Gasteiger partial charge in [0.2, 0.25) is 11.8 Å². The molecule has 2 aliphatic rings. The predicted molar refractivity (Wildman–Crippen MR) is 112 cm³/mol. The molecule has 9 nitrogen and oxygen atoms in total.